The van der Waals surface area contributed by atoms with Crippen LogP contribution in [0, 0.1) is 0 Å². The Kier molecular flexibility index (Phi) is 5.89. The first-order chi connectivity index (χ1) is 11.7. The second-order valence-corrected chi connectivity index (χ2v) is 5.96. The number of anilines is 2. The monoisotopic (exact) mass is 371 g/mol. The first-order valence-electron chi connectivity index (χ1n) is 7.61. The van der Waals surface area contributed by atoms with Crippen molar-refractivity contribution in [2.45, 2.75) is 32.5 Å². The number of nitrogens with zero attached hydrogens (tertiary/aromatic N) is 1. The number of amides is 1. The maximum atomic E-state index is 13.1. The highest BCUT2D eigenvalue weighted by molar-refractivity contribution is 6.30. The van der Waals surface area contributed by atoms with Gasteiger partial charge in [0, 0.05) is 17.3 Å². The van der Waals surface area contributed by atoms with Gasteiger partial charge in [-0.25, -0.2) is 4.98 Å². The molecular weight excluding hydrogens is 355 g/mol. The molecule has 134 valence electrons. The van der Waals surface area contributed by atoms with E-state index in [2.05, 4.69) is 15.6 Å². The van der Waals surface area contributed by atoms with Crippen LogP contribution < -0.4 is 10.6 Å². The van der Waals surface area contributed by atoms with Crippen LogP contribution >= 0.6 is 11.6 Å². The number of hydrogen-bond acceptors (Lipinski definition) is 3. The van der Waals surface area contributed by atoms with Crippen molar-refractivity contribution in [3.8, 4) is 0 Å². The molecule has 2 aromatic rings. The molecule has 1 aromatic carbocycles. The molecule has 25 heavy (non-hydrogen) atoms. The standard InChI is InChI=1S/C17H17ClF3N3O/c1-3-10(2)23-15-7-4-11(9-22-15)16(25)24-14-6-5-12(18)8-13(14)17(19,20)21/h4-10H,3H2,1-2H3,(H,22,23)(H,24,25). The molecule has 0 radical (unpaired) electrons. The van der Waals surface area contributed by atoms with Gasteiger partial charge in [-0.05, 0) is 43.7 Å². The largest absolute Gasteiger partial charge is 0.418 e. The summed E-state index contributed by atoms with van der Waals surface area (Å²) in [6.45, 7) is 4.01. The fraction of sp³-hybridized carbons (Fsp3) is 0.294. The van der Waals surface area contributed by atoms with Crippen LogP contribution in [0.3, 0.4) is 0 Å². The van der Waals surface area contributed by atoms with E-state index in [1.54, 1.807) is 6.07 Å². The van der Waals surface area contributed by atoms with E-state index in [1.807, 2.05) is 13.8 Å². The molecule has 1 aromatic heterocycles. The predicted octanol–water partition coefficient (Wildman–Crippen LogP) is 5.22. The summed E-state index contributed by atoms with van der Waals surface area (Å²) in [5, 5.41) is 5.33. The minimum Gasteiger partial charge on any atom is -0.368 e. The van der Waals surface area contributed by atoms with Gasteiger partial charge in [-0.15, -0.1) is 0 Å². The third kappa shape index (κ3) is 5.09. The number of carbonyl (C=O) groups is 1. The lowest BCUT2D eigenvalue weighted by Crippen LogP contribution is -2.18. The summed E-state index contributed by atoms with van der Waals surface area (Å²) in [5.74, 6) is -0.0937. The molecule has 0 aliphatic carbocycles. The number of pyridine rings is 1. The van der Waals surface area contributed by atoms with E-state index in [4.69, 9.17) is 11.6 Å². The van der Waals surface area contributed by atoms with E-state index in [9.17, 15) is 18.0 Å². The average molecular weight is 372 g/mol. The van der Waals surface area contributed by atoms with Crippen molar-refractivity contribution in [1.29, 1.82) is 0 Å². The van der Waals surface area contributed by atoms with Crippen LogP contribution in [-0.2, 0) is 6.18 Å². The first-order valence-corrected chi connectivity index (χ1v) is 7.99. The molecule has 0 saturated heterocycles. The van der Waals surface area contributed by atoms with Gasteiger partial charge in [0.1, 0.15) is 5.82 Å². The number of rotatable bonds is 5. The lowest BCUT2D eigenvalue weighted by atomic mass is 10.1. The Morgan fingerprint density at radius 2 is 2.00 bits per heavy atom. The van der Waals surface area contributed by atoms with Gasteiger partial charge >= 0.3 is 6.18 Å². The van der Waals surface area contributed by atoms with E-state index < -0.39 is 17.6 Å². The molecule has 0 saturated carbocycles. The highest BCUT2D eigenvalue weighted by atomic mass is 35.5. The third-order valence-corrected chi connectivity index (χ3v) is 3.80. The van der Waals surface area contributed by atoms with E-state index in [0.717, 1.165) is 18.6 Å². The summed E-state index contributed by atoms with van der Waals surface area (Å²) in [5.41, 5.74) is -1.21. The molecule has 4 nitrogen and oxygen atoms in total. The van der Waals surface area contributed by atoms with Crippen molar-refractivity contribution in [2.24, 2.45) is 0 Å². The number of nitrogens with one attached hydrogen (secondary N) is 2. The molecule has 2 rings (SSSR count). The number of benzene rings is 1. The van der Waals surface area contributed by atoms with Gasteiger partial charge in [-0.1, -0.05) is 18.5 Å². The minimum atomic E-state index is -4.63. The molecule has 1 unspecified atom stereocenters. The Hall–Kier alpha value is -2.28. The van der Waals surface area contributed by atoms with Crippen molar-refractivity contribution in [2.75, 3.05) is 10.6 Å². The molecule has 8 heteroatoms. The van der Waals surface area contributed by atoms with E-state index in [1.165, 1.54) is 18.3 Å². The number of carbonyl (C=O) groups excluding carboxylic acids is 1. The number of hydrogen-bond donors (Lipinski definition) is 2. The fourth-order valence-electron chi connectivity index (χ4n) is 2.02. The van der Waals surface area contributed by atoms with Gasteiger partial charge in [0.05, 0.1) is 16.8 Å². The summed E-state index contributed by atoms with van der Waals surface area (Å²) in [7, 11) is 0. The molecular formula is C17H17ClF3N3O. The van der Waals surface area contributed by atoms with Crippen LogP contribution in [0.5, 0.6) is 0 Å². The molecule has 1 amide bonds. The van der Waals surface area contributed by atoms with Crippen LogP contribution in [0.1, 0.15) is 36.2 Å². The van der Waals surface area contributed by atoms with Crippen molar-refractivity contribution in [3.05, 3.63) is 52.7 Å². The number of alkyl halides is 3. The van der Waals surface area contributed by atoms with Crippen LogP contribution in [0.4, 0.5) is 24.7 Å². The number of aromatic nitrogens is 1. The van der Waals surface area contributed by atoms with Gasteiger partial charge in [-0.3, -0.25) is 4.79 Å². The Labute approximate surface area is 148 Å². The lowest BCUT2D eigenvalue weighted by Gasteiger charge is -2.15. The van der Waals surface area contributed by atoms with Gasteiger partial charge in [0.2, 0.25) is 0 Å². The van der Waals surface area contributed by atoms with Crippen LogP contribution in [0.2, 0.25) is 5.02 Å². The van der Waals surface area contributed by atoms with Gasteiger partial charge in [0.15, 0.2) is 0 Å². The molecule has 0 bridgehead atoms. The smallest absolute Gasteiger partial charge is 0.368 e. The van der Waals surface area contributed by atoms with E-state index >= 15 is 0 Å². The molecule has 0 aliphatic rings. The van der Waals surface area contributed by atoms with E-state index in [0.29, 0.717) is 5.82 Å². The Morgan fingerprint density at radius 1 is 1.28 bits per heavy atom. The van der Waals surface area contributed by atoms with Crippen LogP contribution in [-0.4, -0.2) is 16.9 Å². The van der Waals surface area contributed by atoms with Crippen molar-refractivity contribution in [1.82, 2.24) is 4.98 Å². The van der Waals surface area contributed by atoms with Gasteiger partial charge in [-0.2, -0.15) is 13.2 Å². The predicted molar refractivity (Wildman–Crippen MR) is 92.0 cm³/mol. The Balaban J connectivity index is 2.17. The highest BCUT2D eigenvalue weighted by Gasteiger charge is 2.34. The molecule has 1 atom stereocenters. The zero-order valence-electron chi connectivity index (χ0n) is 13.6. The van der Waals surface area contributed by atoms with Crippen molar-refractivity contribution in [3.63, 3.8) is 0 Å². The molecule has 1 heterocycles. The molecule has 2 N–H and O–H groups in total. The van der Waals surface area contributed by atoms with Crippen LogP contribution in [0.25, 0.3) is 0 Å². The lowest BCUT2D eigenvalue weighted by molar-refractivity contribution is -0.136. The summed E-state index contributed by atoms with van der Waals surface area (Å²) in [6.07, 6.45) is -2.42. The molecule has 0 fully saturated rings. The van der Waals surface area contributed by atoms with Gasteiger partial charge in [0.25, 0.3) is 5.91 Å². The normalized spacial score (nSPS) is 12.6. The zero-order valence-corrected chi connectivity index (χ0v) is 14.4. The van der Waals surface area contributed by atoms with Crippen molar-refractivity contribution < 1.29 is 18.0 Å². The summed E-state index contributed by atoms with van der Waals surface area (Å²) < 4.78 is 39.2. The second kappa shape index (κ2) is 7.74. The summed E-state index contributed by atoms with van der Waals surface area (Å²) in [6, 6.07) is 6.49. The summed E-state index contributed by atoms with van der Waals surface area (Å²) >= 11 is 5.62. The quantitative estimate of drug-likeness (QED) is 0.758. The highest BCUT2D eigenvalue weighted by Crippen LogP contribution is 2.36. The zero-order chi connectivity index (χ0) is 18.6. The topological polar surface area (TPSA) is 54.0 Å². The second-order valence-electron chi connectivity index (χ2n) is 5.53. The minimum absolute atomic E-state index is 0.0625. The summed E-state index contributed by atoms with van der Waals surface area (Å²) in [4.78, 5) is 16.3. The van der Waals surface area contributed by atoms with Crippen molar-refractivity contribution >= 4 is 29.0 Å². The fourth-order valence-corrected chi connectivity index (χ4v) is 2.19. The first kappa shape index (κ1) is 19.1. The third-order valence-electron chi connectivity index (χ3n) is 3.57. The van der Waals surface area contributed by atoms with E-state index in [-0.39, 0.29) is 22.3 Å². The van der Waals surface area contributed by atoms with Gasteiger partial charge < -0.3 is 10.6 Å². The number of halogens is 4. The molecule has 0 aliphatic heterocycles. The maximum Gasteiger partial charge on any atom is 0.418 e. The average Bonchev–Trinajstić information content (AvgIpc) is 2.56. The Morgan fingerprint density at radius 3 is 2.56 bits per heavy atom. The SMILES string of the molecule is CCC(C)Nc1ccc(C(=O)Nc2ccc(Cl)cc2C(F)(F)F)cn1. The Bertz CT molecular complexity index is 748. The maximum absolute atomic E-state index is 13.1. The van der Waals surface area contributed by atoms with Crippen LogP contribution in [0.15, 0.2) is 36.5 Å². The molecule has 0 spiro atoms.